The molecule has 3 amide bonds. The van der Waals surface area contributed by atoms with Crippen molar-refractivity contribution in [2.45, 2.75) is 14.1 Å². The third-order valence-corrected chi connectivity index (χ3v) is 12.9. The SMILES string of the molecule is COc1cccc(C(=O)Oc2ccc(C(=O)CN(C(=O)c3ccc(Cl)cc3)N3C(=O)[C@H]4[C@H](C3=O)[C@@]3(Cl)C(Cl)=C(Cl)[C@@]4(Cl)C3(Cl)Cl)cc2)c1. The number of carbonyl (C=O) groups is 5. The highest BCUT2D eigenvalue weighted by Crippen LogP contribution is 2.77. The summed E-state index contributed by atoms with van der Waals surface area (Å²) in [5.41, 5.74) is 0.284. The number of rotatable bonds is 8. The van der Waals surface area contributed by atoms with Crippen LogP contribution in [0, 0.1) is 11.8 Å². The van der Waals surface area contributed by atoms with Gasteiger partial charge in [-0.25, -0.2) is 9.80 Å². The molecule has 0 spiro atoms. The molecule has 248 valence electrons. The number of carbonyl (C=O) groups excluding carboxylic acids is 5. The lowest BCUT2D eigenvalue weighted by molar-refractivity contribution is -0.154. The minimum atomic E-state index is -2.19. The summed E-state index contributed by atoms with van der Waals surface area (Å²) in [7, 11) is 1.46. The Hall–Kier alpha value is -3.02. The number of halogens is 7. The Morgan fingerprint density at radius 2 is 1.29 bits per heavy atom. The lowest BCUT2D eigenvalue weighted by Gasteiger charge is -2.36. The molecule has 0 aromatic heterocycles. The van der Waals surface area contributed by atoms with Gasteiger partial charge in [0.1, 0.15) is 27.8 Å². The highest BCUT2D eigenvalue weighted by atomic mass is 35.5. The average Bonchev–Trinajstić information content (AvgIpc) is 3.46. The number of benzene rings is 3. The Bertz CT molecular complexity index is 1890. The molecule has 0 radical (unpaired) electrons. The van der Waals surface area contributed by atoms with Crippen LogP contribution in [-0.2, 0) is 9.59 Å². The number of methoxy groups -OCH3 is 1. The van der Waals surface area contributed by atoms with Crippen LogP contribution in [0.15, 0.2) is 82.9 Å². The first-order valence-corrected chi connectivity index (χ1v) is 16.5. The standard InChI is InChI=1S/C32H19Cl7N2O7/c1-47-20-4-2-3-17(13-20)29(46)48-19-11-7-15(8-12-19)21(42)14-40(26(43)16-5-9-18(33)10-6-16)41-27(44)22-23(28(41)45)31(37)25(35)24(34)30(22,36)32(31,38)39/h2-13,22-23H,14H2,1H3/t22-,23-,30-,31-/m1/s1. The number of ketones is 1. The van der Waals surface area contributed by atoms with Gasteiger partial charge in [-0.05, 0) is 66.7 Å². The van der Waals surface area contributed by atoms with Crippen LogP contribution in [0.5, 0.6) is 11.5 Å². The molecule has 0 N–H and O–H groups in total. The second kappa shape index (κ2) is 12.4. The third kappa shape index (κ3) is 5.01. The molecule has 1 heterocycles. The number of Topliss-reactive ketones (excluding diaryl/α,β-unsaturated/α-hetero) is 1. The Balaban J connectivity index is 1.30. The van der Waals surface area contributed by atoms with Gasteiger partial charge in [0.2, 0.25) is 0 Å². The average molecular weight is 792 g/mol. The van der Waals surface area contributed by atoms with Crippen molar-refractivity contribution in [2.24, 2.45) is 11.8 Å². The highest BCUT2D eigenvalue weighted by molar-refractivity contribution is 6.66. The summed E-state index contributed by atoms with van der Waals surface area (Å²) in [5, 5.41) is 0.871. The second-order valence-electron chi connectivity index (χ2n) is 11.0. The van der Waals surface area contributed by atoms with Crippen molar-refractivity contribution in [3.05, 3.63) is 105 Å². The molecule has 2 bridgehead atoms. The number of nitrogens with zero attached hydrogens (tertiary/aromatic N) is 2. The number of fused-ring (bicyclic) bond motifs is 5. The Kier molecular flexibility index (Phi) is 8.99. The number of allylic oxidation sites excluding steroid dienone is 2. The predicted molar refractivity (Wildman–Crippen MR) is 180 cm³/mol. The number of hydrogen-bond donors (Lipinski definition) is 0. The van der Waals surface area contributed by atoms with Gasteiger partial charge in [0, 0.05) is 16.1 Å². The zero-order valence-corrected chi connectivity index (χ0v) is 29.5. The van der Waals surface area contributed by atoms with Gasteiger partial charge in [-0.1, -0.05) is 64.1 Å². The maximum absolute atomic E-state index is 14.1. The van der Waals surface area contributed by atoms with E-state index in [1.54, 1.807) is 18.2 Å². The molecule has 3 aromatic rings. The van der Waals surface area contributed by atoms with Crippen LogP contribution >= 0.6 is 81.2 Å². The molecule has 1 aliphatic heterocycles. The summed E-state index contributed by atoms with van der Waals surface area (Å²) in [4.78, 5) is 64.0. The predicted octanol–water partition coefficient (Wildman–Crippen LogP) is 7.25. The molecule has 0 unspecified atom stereocenters. The summed E-state index contributed by atoms with van der Waals surface area (Å²) >= 11 is 45.6. The van der Waals surface area contributed by atoms with Crippen LogP contribution < -0.4 is 9.47 Å². The van der Waals surface area contributed by atoms with E-state index < -0.39 is 61.9 Å². The molecule has 3 aliphatic rings. The van der Waals surface area contributed by atoms with E-state index in [0.29, 0.717) is 20.8 Å². The molecule has 4 atom stereocenters. The maximum atomic E-state index is 14.1. The number of ether oxygens (including phenoxy) is 2. The highest BCUT2D eigenvalue weighted by Gasteiger charge is 2.88. The van der Waals surface area contributed by atoms with Crippen molar-refractivity contribution in [1.82, 2.24) is 10.0 Å². The van der Waals surface area contributed by atoms with Gasteiger partial charge in [-0.2, -0.15) is 5.01 Å². The Labute approximate surface area is 308 Å². The first kappa shape index (κ1) is 34.8. The maximum Gasteiger partial charge on any atom is 0.343 e. The third-order valence-electron chi connectivity index (χ3n) is 8.44. The van der Waals surface area contributed by atoms with Gasteiger partial charge >= 0.3 is 5.97 Å². The molecule has 9 nitrogen and oxygen atoms in total. The quantitative estimate of drug-likeness (QED) is 0.0778. The first-order valence-electron chi connectivity index (χ1n) is 13.9. The smallest absolute Gasteiger partial charge is 0.343 e. The van der Waals surface area contributed by atoms with Gasteiger partial charge in [0.25, 0.3) is 17.7 Å². The molecule has 1 saturated heterocycles. The summed E-state index contributed by atoms with van der Waals surface area (Å²) in [6.07, 6.45) is 0. The number of amides is 3. The normalized spacial score (nSPS) is 25.3. The summed E-state index contributed by atoms with van der Waals surface area (Å²) in [6, 6.07) is 17.3. The lowest BCUT2D eigenvalue weighted by atomic mass is 9.84. The lowest BCUT2D eigenvalue weighted by Crippen LogP contribution is -2.56. The fourth-order valence-corrected chi connectivity index (χ4v) is 9.10. The van der Waals surface area contributed by atoms with E-state index in [-0.39, 0.29) is 32.5 Å². The number of hydrazine groups is 1. The van der Waals surface area contributed by atoms with Crippen LogP contribution in [0.1, 0.15) is 31.1 Å². The Morgan fingerprint density at radius 3 is 1.83 bits per heavy atom. The van der Waals surface area contributed by atoms with Crippen molar-refractivity contribution in [3.63, 3.8) is 0 Å². The van der Waals surface area contributed by atoms with E-state index in [9.17, 15) is 24.0 Å². The van der Waals surface area contributed by atoms with Crippen molar-refractivity contribution in [2.75, 3.05) is 13.7 Å². The Morgan fingerprint density at radius 1 is 0.750 bits per heavy atom. The summed E-state index contributed by atoms with van der Waals surface area (Å²) < 4.78 is 8.34. The molecule has 6 rings (SSSR count). The van der Waals surface area contributed by atoms with E-state index in [2.05, 4.69) is 0 Å². The minimum absolute atomic E-state index is 0.00738. The number of hydrogen-bond acceptors (Lipinski definition) is 7. The fraction of sp³-hybridized carbons (Fsp3) is 0.219. The van der Waals surface area contributed by atoms with Gasteiger partial charge in [0.15, 0.2) is 10.1 Å². The van der Waals surface area contributed by atoms with Crippen LogP contribution in [0.2, 0.25) is 5.02 Å². The molecule has 16 heteroatoms. The largest absolute Gasteiger partial charge is 0.497 e. The van der Waals surface area contributed by atoms with Gasteiger partial charge in [0.05, 0.1) is 34.6 Å². The molecule has 2 aliphatic carbocycles. The van der Waals surface area contributed by atoms with Gasteiger partial charge in [-0.15, -0.1) is 23.2 Å². The number of esters is 1. The molecule has 48 heavy (non-hydrogen) atoms. The van der Waals surface area contributed by atoms with E-state index in [1.165, 1.54) is 61.7 Å². The van der Waals surface area contributed by atoms with E-state index in [4.69, 9.17) is 90.7 Å². The summed E-state index contributed by atoms with van der Waals surface area (Å²) in [6.45, 7) is -0.798. The van der Waals surface area contributed by atoms with E-state index in [1.807, 2.05) is 0 Å². The van der Waals surface area contributed by atoms with Crippen molar-refractivity contribution in [3.8, 4) is 11.5 Å². The molecule has 1 saturated carbocycles. The van der Waals surface area contributed by atoms with Crippen LogP contribution in [0.3, 0.4) is 0 Å². The second-order valence-corrected chi connectivity index (χ2v) is 14.7. The first-order chi connectivity index (χ1) is 22.6. The van der Waals surface area contributed by atoms with Gasteiger partial charge < -0.3 is 9.47 Å². The van der Waals surface area contributed by atoms with Crippen molar-refractivity contribution >= 4 is 111 Å². The van der Waals surface area contributed by atoms with E-state index in [0.717, 1.165) is 0 Å². The molecule has 2 fully saturated rings. The molecule has 3 aromatic carbocycles. The van der Waals surface area contributed by atoms with E-state index >= 15 is 0 Å². The number of alkyl halides is 4. The zero-order valence-electron chi connectivity index (χ0n) is 24.2. The van der Waals surface area contributed by atoms with Gasteiger partial charge in [-0.3, -0.25) is 19.2 Å². The van der Waals surface area contributed by atoms with Crippen molar-refractivity contribution < 1.29 is 33.4 Å². The van der Waals surface area contributed by atoms with Crippen LogP contribution in [-0.4, -0.2) is 67.2 Å². The van der Waals surface area contributed by atoms with Crippen molar-refractivity contribution in [1.29, 1.82) is 0 Å². The topological polar surface area (TPSA) is 110 Å². The molecular weight excluding hydrogens is 773 g/mol. The zero-order chi connectivity index (χ0) is 34.9. The van der Waals surface area contributed by atoms with Crippen LogP contribution in [0.4, 0.5) is 0 Å². The monoisotopic (exact) mass is 788 g/mol. The molecular formula is C32H19Cl7N2O7. The number of imide groups is 1. The summed E-state index contributed by atoms with van der Waals surface area (Å²) in [5.74, 6) is -6.80. The fourth-order valence-electron chi connectivity index (χ4n) is 6.05. The van der Waals surface area contributed by atoms with Crippen LogP contribution in [0.25, 0.3) is 0 Å². The minimum Gasteiger partial charge on any atom is -0.497 e.